The van der Waals surface area contributed by atoms with E-state index >= 15 is 0 Å². The van der Waals surface area contributed by atoms with E-state index < -0.39 is 11.7 Å². The molecule has 7 heteroatoms. The fraction of sp³-hybridized carbons (Fsp3) is 0.571. The molecule has 1 aromatic rings. The third-order valence-electron chi connectivity index (χ3n) is 3.75. The molecule has 2 atom stereocenters. The van der Waals surface area contributed by atoms with Crippen LogP contribution >= 0.6 is 0 Å². The highest BCUT2D eigenvalue weighted by Crippen LogP contribution is 2.34. The molecule has 1 aliphatic rings. The highest BCUT2D eigenvalue weighted by atomic mass is 19.4. The monoisotopic (exact) mass is 303 g/mol. The van der Waals surface area contributed by atoms with Gasteiger partial charge in [-0.15, -0.1) is 0 Å². The number of rotatable bonds is 5. The van der Waals surface area contributed by atoms with Crippen molar-refractivity contribution in [2.45, 2.75) is 25.7 Å². The van der Waals surface area contributed by atoms with Crippen LogP contribution in [-0.2, 0) is 12.7 Å². The second-order valence-electron chi connectivity index (χ2n) is 5.23. The van der Waals surface area contributed by atoms with Crippen molar-refractivity contribution < 1.29 is 17.9 Å². The zero-order valence-corrected chi connectivity index (χ0v) is 12.1. The highest BCUT2D eigenvalue weighted by Gasteiger charge is 2.33. The van der Waals surface area contributed by atoms with Gasteiger partial charge in [0.1, 0.15) is 5.75 Å². The minimum Gasteiger partial charge on any atom is -0.497 e. The molecule has 0 radical (unpaired) electrons. The van der Waals surface area contributed by atoms with E-state index in [-0.39, 0.29) is 17.9 Å². The molecule has 0 aliphatic carbocycles. The number of hydrogen-bond acceptors (Lipinski definition) is 4. The molecule has 2 rings (SSSR count). The topological polar surface area (TPSA) is 45.3 Å². The summed E-state index contributed by atoms with van der Waals surface area (Å²) in [5.41, 5.74) is 5.70. The predicted octanol–water partition coefficient (Wildman–Crippen LogP) is 1.92. The molecule has 118 valence electrons. The Balaban J connectivity index is 2.02. The molecule has 1 aromatic carbocycles. The lowest BCUT2D eigenvalue weighted by molar-refractivity contribution is -0.138. The van der Waals surface area contributed by atoms with Gasteiger partial charge in [0.15, 0.2) is 0 Å². The molecule has 4 nitrogen and oxygen atoms in total. The molecular formula is C14H20F3N3O. The molecule has 0 spiro atoms. The quantitative estimate of drug-likeness (QED) is 0.778. The number of nitrogens with one attached hydrogen (secondary N) is 3. The number of methoxy groups -OCH3 is 1. The average Bonchev–Trinajstić information content (AvgIpc) is 2.83. The summed E-state index contributed by atoms with van der Waals surface area (Å²) in [4.78, 5) is 0. The molecule has 0 saturated carbocycles. The summed E-state index contributed by atoms with van der Waals surface area (Å²) >= 11 is 0. The first-order chi connectivity index (χ1) is 9.91. The minimum absolute atomic E-state index is 0.183. The van der Waals surface area contributed by atoms with Crippen molar-refractivity contribution in [2.75, 3.05) is 20.2 Å². The lowest BCUT2D eigenvalue weighted by Crippen LogP contribution is -2.32. The summed E-state index contributed by atoms with van der Waals surface area (Å²) in [7, 11) is 1.36. The van der Waals surface area contributed by atoms with Crippen LogP contribution in [0.3, 0.4) is 0 Å². The van der Waals surface area contributed by atoms with Crippen molar-refractivity contribution >= 4 is 0 Å². The Kier molecular flexibility index (Phi) is 5.08. The van der Waals surface area contributed by atoms with Crippen LogP contribution in [0.1, 0.15) is 18.1 Å². The fourth-order valence-corrected chi connectivity index (χ4v) is 2.39. The van der Waals surface area contributed by atoms with Crippen LogP contribution < -0.4 is 20.9 Å². The lowest BCUT2D eigenvalue weighted by atomic mass is 10.0. The van der Waals surface area contributed by atoms with Crippen LogP contribution in [0, 0.1) is 5.92 Å². The molecular weight excluding hydrogens is 283 g/mol. The Morgan fingerprint density at radius 1 is 1.38 bits per heavy atom. The molecule has 3 N–H and O–H groups in total. The van der Waals surface area contributed by atoms with Gasteiger partial charge in [-0.2, -0.15) is 13.2 Å². The number of hydrazine groups is 1. The Bertz CT molecular complexity index is 479. The lowest BCUT2D eigenvalue weighted by Gasteiger charge is -2.17. The van der Waals surface area contributed by atoms with Gasteiger partial charge in [-0.25, -0.2) is 0 Å². The van der Waals surface area contributed by atoms with Gasteiger partial charge in [0, 0.05) is 31.6 Å². The SMILES string of the molecule is COc1ccc(CNCC2CNNC2C)c(C(F)(F)F)c1. The van der Waals surface area contributed by atoms with E-state index in [1.807, 2.05) is 6.92 Å². The van der Waals surface area contributed by atoms with E-state index in [0.717, 1.165) is 12.6 Å². The summed E-state index contributed by atoms with van der Waals surface area (Å²) in [6, 6.07) is 4.35. The molecule has 1 aliphatic heterocycles. The number of halogens is 3. The second kappa shape index (κ2) is 6.64. The van der Waals surface area contributed by atoms with Gasteiger partial charge in [-0.3, -0.25) is 10.9 Å². The number of benzene rings is 1. The molecule has 0 aromatic heterocycles. The van der Waals surface area contributed by atoms with Gasteiger partial charge in [0.25, 0.3) is 0 Å². The first kappa shape index (κ1) is 16.1. The smallest absolute Gasteiger partial charge is 0.416 e. The maximum Gasteiger partial charge on any atom is 0.416 e. The van der Waals surface area contributed by atoms with Crippen LogP contribution in [0.15, 0.2) is 18.2 Å². The van der Waals surface area contributed by atoms with Crippen molar-refractivity contribution in [3.05, 3.63) is 29.3 Å². The van der Waals surface area contributed by atoms with Crippen molar-refractivity contribution in [2.24, 2.45) is 5.92 Å². The van der Waals surface area contributed by atoms with E-state index in [1.54, 1.807) is 6.07 Å². The van der Waals surface area contributed by atoms with Gasteiger partial charge in [0.2, 0.25) is 0 Å². The van der Waals surface area contributed by atoms with E-state index in [2.05, 4.69) is 16.2 Å². The molecule has 1 saturated heterocycles. The Hall–Kier alpha value is -1.31. The predicted molar refractivity (Wildman–Crippen MR) is 73.8 cm³/mol. The molecule has 1 fully saturated rings. The van der Waals surface area contributed by atoms with Crippen LogP contribution in [0.4, 0.5) is 13.2 Å². The van der Waals surface area contributed by atoms with Crippen molar-refractivity contribution in [3.8, 4) is 5.75 Å². The molecule has 1 heterocycles. The number of alkyl halides is 3. The van der Waals surface area contributed by atoms with Gasteiger partial charge in [0.05, 0.1) is 12.7 Å². The van der Waals surface area contributed by atoms with Crippen molar-refractivity contribution in [3.63, 3.8) is 0 Å². The summed E-state index contributed by atoms with van der Waals surface area (Å²) in [6.07, 6.45) is -4.38. The first-order valence-corrected chi connectivity index (χ1v) is 6.85. The number of hydrogen-bond donors (Lipinski definition) is 3. The van der Waals surface area contributed by atoms with E-state index in [9.17, 15) is 13.2 Å². The highest BCUT2D eigenvalue weighted by molar-refractivity contribution is 5.37. The van der Waals surface area contributed by atoms with Crippen LogP contribution in [0.5, 0.6) is 5.75 Å². The van der Waals surface area contributed by atoms with Crippen LogP contribution in [-0.4, -0.2) is 26.2 Å². The maximum absolute atomic E-state index is 13.1. The Morgan fingerprint density at radius 2 is 2.14 bits per heavy atom. The van der Waals surface area contributed by atoms with Gasteiger partial charge >= 0.3 is 6.18 Å². The maximum atomic E-state index is 13.1. The standard InChI is InChI=1S/C14H20F3N3O/c1-9-11(8-19-20-9)7-18-6-10-3-4-12(21-2)5-13(10)14(15,16)17/h3-5,9,11,18-20H,6-8H2,1-2H3. The van der Waals surface area contributed by atoms with E-state index in [1.165, 1.54) is 13.2 Å². The average molecular weight is 303 g/mol. The molecule has 0 bridgehead atoms. The normalized spacial score (nSPS) is 22.5. The first-order valence-electron chi connectivity index (χ1n) is 6.85. The van der Waals surface area contributed by atoms with Gasteiger partial charge in [-0.05, 0) is 24.6 Å². The Morgan fingerprint density at radius 3 is 2.71 bits per heavy atom. The van der Waals surface area contributed by atoms with Crippen molar-refractivity contribution in [1.82, 2.24) is 16.2 Å². The Labute approximate surface area is 122 Å². The largest absolute Gasteiger partial charge is 0.497 e. The van der Waals surface area contributed by atoms with E-state index in [0.29, 0.717) is 18.5 Å². The molecule has 21 heavy (non-hydrogen) atoms. The number of ether oxygens (including phenoxy) is 1. The minimum atomic E-state index is -4.38. The van der Waals surface area contributed by atoms with Gasteiger partial charge < -0.3 is 10.1 Å². The van der Waals surface area contributed by atoms with Crippen molar-refractivity contribution in [1.29, 1.82) is 0 Å². The van der Waals surface area contributed by atoms with Crippen LogP contribution in [0.25, 0.3) is 0 Å². The third-order valence-corrected chi connectivity index (χ3v) is 3.75. The van der Waals surface area contributed by atoms with Crippen LogP contribution in [0.2, 0.25) is 0 Å². The summed E-state index contributed by atoms with van der Waals surface area (Å²) < 4.78 is 44.0. The summed E-state index contributed by atoms with van der Waals surface area (Å²) in [6.45, 7) is 3.69. The zero-order chi connectivity index (χ0) is 15.5. The molecule has 0 amide bonds. The summed E-state index contributed by atoms with van der Waals surface area (Å²) in [5, 5.41) is 3.10. The van der Waals surface area contributed by atoms with E-state index in [4.69, 9.17) is 4.74 Å². The summed E-state index contributed by atoms with van der Waals surface area (Å²) in [5.74, 6) is 0.571. The third kappa shape index (κ3) is 4.09. The second-order valence-corrected chi connectivity index (χ2v) is 5.23. The van der Waals surface area contributed by atoms with Gasteiger partial charge in [-0.1, -0.05) is 6.07 Å². The zero-order valence-electron chi connectivity index (χ0n) is 12.1. The fourth-order valence-electron chi connectivity index (χ4n) is 2.39. The molecule has 2 unspecified atom stereocenters.